The Morgan fingerprint density at radius 2 is 1.07 bits per heavy atom. The largest absolute Gasteiger partial charge is 0.498 e. The Balaban J connectivity index is 0. The van der Waals surface area contributed by atoms with E-state index in [2.05, 4.69) is 13.2 Å². The first-order valence-electron chi connectivity index (χ1n) is 16.2. The second kappa shape index (κ2) is 28.2. The van der Waals surface area contributed by atoms with Gasteiger partial charge in [-0.25, -0.2) is 9.59 Å². The van der Waals surface area contributed by atoms with E-state index in [9.17, 15) is 14.4 Å². The Bertz CT molecular complexity index is 1030. The van der Waals surface area contributed by atoms with Crippen LogP contribution in [0.2, 0.25) is 0 Å². The lowest BCUT2D eigenvalue weighted by molar-refractivity contribution is -0.139. The summed E-state index contributed by atoms with van der Waals surface area (Å²) >= 11 is 0. The van der Waals surface area contributed by atoms with Crippen molar-refractivity contribution in [1.29, 1.82) is 0 Å². The van der Waals surface area contributed by atoms with Crippen LogP contribution in [-0.2, 0) is 23.8 Å². The Morgan fingerprint density at radius 3 is 1.50 bits per heavy atom. The van der Waals surface area contributed by atoms with Gasteiger partial charge in [-0.3, -0.25) is 4.79 Å². The van der Waals surface area contributed by atoms with Gasteiger partial charge in [-0.2, -0.15) is 0 Å². The molecule has 2 rings (SSSR count). The van der Waals surface area contributed by atoms with Crippen LogP contribution >= 0.6 is 0 Å². The zero-order valence-electron chi connectivity index (χ0n) is 28.7. The molecule has 0 aliphatic heterocycles. The summed E-state index contributed by atoms with van der Waals surface area (Å²) in [7, 11) is 0. The molecule has 0 bridgehead atoms. The average Bonchev–Trinajstić information content (AvgIpc) is 3.06. The minimum Gasteiger partial charge on any atom is -0.498 e. The van der Waals surface area contributed by atoms with Gasteiger partial charge in [-0.1, -0.05) is 60.8 Å². The first kappa shape index (κ1) is 42.5. The van der Waals surface area contributed by atoms with Crippen molar-refractivity contribution in [3.05, 3.63) is 77.6 Å². The molecule has 0 aromatic heterocycles. The Kier molecular flexibility index (Phi) is 27.2. The number of esters is 2. The van der Waals surface area contributed by atoms with E-state index in [0.717, 1.165) is 55.6 Å². The van der Waals surface area contributed by atoms with E-state index >= 15 is 0 Å². The first-order chi connectivity index (χ1) is 21.3. The van der Waals surface area contributed by atoms with Crippen LogP contribution in [0, 0.1) is 0 Å². The van der Waals surface area contributed by atoms with Crippen molar-refractivity contribution < 1.29 is 33.3 Å². The van der Waals surface area contributed by atoms with Gasteiger partial charge in [0.1, 0.15) is 5.75 Å². The van der Waals surface area contributed by atoms with Crippen molar-refractivity contribution in [2.75, 3.05) is 26.4 Å². The Labute approximate surface area is 267 Å². The summed E-state index contributed by atoms with van der Waals surface area (Å²) in [5.41, 5.74) is 2.21. The molecule has 0 spiro atoms. The number of allylic oxidation sites excluding steroid dienone is 4. The van der Waals surface area contributed by atoms with Crippen molar-refractivity contribution in [1.82, 2.24) is 0 Å². The van der Waals surface area contributed by atoms with Crippen molar-refractivity contribution in [2.24, 2.45) is 0 Å². The van der Waals surface area contributed by atoms with Crippen molar-refractivity contribution in [3.63, 3.8) is 0 Å². The van der Waals surface area contributed by atoms with Gasteiger partial charge in [-0.15, -0.1) is 0 Å². The molecule has 0 heterocycles. The van der Waals surface area contributed by atoms with E-state index in [-0.39, 0.29) is 17.7 Å². The van der Waals surface area contributed by atoms with Gasteiger partial charge >= 0.3 is 11.9 Å². The predicted molar refractivity (Wildman–Crippen MR) is 181 cm³/mol. The SMILES string of the molecule is C=C(C)C(=O)OCCCCCOC1=CC=C(C(=O)c2ccc(OCCCCCOC(=O)C(=C)C)cc2)CC1.CC.CC.CC. The van der Waals surface area contributed by atoms with E-state index in [1.807, 2.05) is 65.8 Å². The molecule has 0 amide bonds. The summed E-state index contributed by atoms with van der Waals surface area (Å²) in [6, 6.07) is 7.21. The van der Waals surface area contributed by atoms with Gasteiger partial charge in [-0.05, 0) is 89.1 Å². The van der Waals surface area contributed by atoms with Crippen LogP contribution in [0.1, 0.15) is 117 Å². The summed E-state index contributed by atoms with van der Waals surface area (Å²) in [5.74, 6) is 0.915. The number of rotatable bonds is 18. The molecule has 1 aromatic rings. The molecule has 1 aromatic carbocycles. The van der Waals surface area contributed by atoms with E-state index in [4.69, 9.17) is 18.9 Å². The highest BCUT2D eigenvalue weighted by atomic mass is 16.5. The molecule has 7 nitrogen and oxygen atoms in total. The normalized spacial score (nSPS) is 11.3. The smallest absolute Gasteiger partial charge is 0.333 e. The van der Waals surface area contributed by atoms with Gasteiger partial charge in [0.25, 0.3) is 0 Å². The van der Waals surface area contributed by atoms with Gasteiger partial charge in [0.05, 0.1) is 32.2 Å². The molecule has 0 saturated carbocycles. The lowest BCUT2D eigenvalue weighted by Crippen LogP contribution is -2.08. The van der Waals surface area contributed by atoms with Crippen LogP contribution in [-0.4, -0.2) is 44.1 Å². The number of benzene rings is 1. The average molecular weight is 615 g/mol. The molecule has 1 aliphatic rings. The molecule has 248 valence electrons. The first-order valence-corrected chi connectivity index (χ1v) is 16.2. The van der Waals surface area contributed by atoms with Gasteiger partial charge < -0.3 is 18.9 Å². The minimum absolute atomic E-state index is 0.0143. The third-order valence-corrected chi connectivity index (χ3v) is 5.82. The van der Waals surface area contributed by atoms with Crippen LogP contribution < -0.4 is 4.74 Å². The van der Waals surface area contributed by atoms with Crippen LogP contribution in [0.15, 0.2) is 72.1 Å². The molecular formula is C37H58O7. The summed E-state index contributed by atoms with van der Waals surface area (Å²) in [4.78, 5) is 35.5. The number of hydrogen-bond donors (Lipinski definition) is 0. The lowest BCUT2D eigenvalue weighted by Gasteiger charge is -2.15. The molecule has 7 heteroatoms. The highest BCUT2D eigenvalue weighted by Gasteiger charge is 2.16. The molecule has 44 heavy (non-hydrogen) atoms. The molecule has 0 saturated heterocycles. The summed E-state index contributed by atoms with van der Waals surface area (Å²) in [5, 5.41) is 0. The van der Waals surface area contributed by atoms with Gasteiger partial charge in [0.2, 0.25) is 0 Å². The fraction of sp³-hybridized carbons (Fsp3) is 0.541. The van der Waals surface area contributed by atoms with Crippen molar-refractivity contribution in [3.8, 4) is 5.75 Å². The lowest BCUT2D eigenvalue weighted by atomic mass is 9.95. The molecule has 0 fully saturated rings. The van der Waals surface area contributed by atoms with Crippen LogP contribution in [0.25, 0.3) is 0 Å². The van der Waals surface area contributed by atoms with Crippen molar-refractivity contribution >= 4 is 17.7 Å². The third-order valence-electron chi connectivity index (χ3n) is 5.82. The second-order valence-electron chi connectivity index (χ2n) is 9.33. The second-order valence-corrected chi connectivity index (χ2v) is 9.33. The van der Waals surface area contributed by atoms with Crippen LogP contribution in [0.5, 0.6) is 5.75 Å². The fourth-order valence-electron chi connectivity index (χ4n) is 3.55. The number of Topliss-reactive ketones (excluding diaryl/α,β-unsaturated/α-hetero) is 1. The number of carbonyl (C=O) groups excluding carboxylic acids is 3. The van der Waals surface area contributed by atoms with E-state index in [0.29, 0.717) is 56.0 Å². The maximum Gasteiger partial charge on any atom is 0.333 e. The fourth-order valence-corrected chi connectivity index (χ4v) is 3.55. The van der Waals surface area contributed by atoms with Gasteiger partial charge in [0, 0.05) is 28.7 Å². The molecule has 0 unspecified atom stereocenters. The number of unbranched alkanes of at least 4 members (excludes halogenated alkanes) is 4. The third kappa shape index (κ3) is 19.6. The number of hydrogen-bond acceptors (Lipinski definition) is 7. The Morgan fingerprint density at radius 1 is 0.614 bits per heavy atom. The summed E-state index contributed by atoms with van der Waals surface area (Å²) in [6.45, 7) is 24.3. The molecular weight excluding hydrogens is 556 g/mol. The maximum absolute atomic E-state index is 12.9. The summed E-state index contributed by atoms with van der Waals surface area (Å²) in [6.07, 6.45) is 10.1. The molecule has 0 radical (unpaired) electrons. The number of ether oxygens (including phenoxy) is 4. The topological polar surface area (TPSA) is 88.1 Å². The zero-order valence-corrected chi connectivity index (χ0v) is 28.7. The molecule has 0 atom stereocenters. The number of ketones is 1. The molecule has 1 aliphatic carbocycles. The monoisotopic (exact) mass is 614 g/mol. The van der Waals surface area contributed by atoms with E-state index in [1.165, 1.54) is 0 Å². The Hall–Kier alpha value is -3.61. The van der Waals surface area contributed by atoms with E-state index < -0.39 is 0 Å². The van der Waals surface area contributed by atoms with Gasteiger partial charge in [0.15, 0.2) is 5.78 Å². The standard InChI is InChI=1S/C31H40O7.3C2H6/c1-23(2)30(33)37-21-9-5-7-19-35-27-15-11-25(12-16-27)29(32)26-13-17-28(18-14-26)36-20-8-6-10-22-38-31(34)24(3)4;3*1-2/h11-13,15-17H,1,3,5-10,14,18-22H2,2,4H3;3*1-2H3. The maximum atomic E-state index is 12.9. The summed E-state index contributed by atoms with van der Waals surface area (Å²) < 4.78 is 21.7. The van der Waals surface area contributed by atoms with Crippen molar-refractivity contribution in [2.45, 2.75) is 107 Å². The van der Waals surface area contributed by atoms with Crippen LogP contribution in [0.4, 0.5) is 0 Å². The number of carbonyl (C=O) groups is 3. The highest BCUT2D eigenvalue weighted by Crippen LogP contribution is 2.24. The van der Waals surface area contributed by atoms with E-state index in [1.54, 1.807) is 26.0 Å². The highest BCUT2D eigenvalue weighted by molar-refractivity contribution is 6.09. The van der Waals surface area contributed by atoms with Crippen LogP contribution in [0.3, 0.4) is 0 Å². The quantitative estimate of drug-likeness (QED) is 0.0704. The zero-order chi connectivity index (χ0) is 33.8. The molecule has 0 N–H and O–H groups in total. The minimum atomic E-state index is -0.353. The predicted octanol–water partition coefficient (Wildman–Crippen LogP) is 9.53.